The van der Waals surface area contributed by atoms with E-state index >= 15 is 0 Å². The Bertz CT molecular complexity index is 825. The van der Waals surface area contributed by atoms with Crippen LogP contribution < -0.4 is 0 Å². The molecule has 3 rings (SSSR count). The second-order valence-corrected chi connectivity index (χ2v) is 5.10. The fourth-order valence-electron chi connectivity index (χ4n) is 2.59. The molecule has 1 aromatic heterocycles. The molecule has 2 nitrogen and oxygen atoms in total. The highest BCUT2D eigenvalue weighted by Crippen LogP contribution is 2.23. The van der Waals surface area contributed by atoms with Gasteiger partial charge >= 0.3 is 0 Å². The third kappa shape index (κ3) is 3.07. The largest absolute Gasteiger partial charge is 0.342 e. The van der Waals surface area contributed by atoms with Gasteiger partial charge in [-0.25, -0.2) is 0 Å². The third-order valence-electron chi connectivity index (χ3n) is 3.59. The molecule has 1 heterocycles. The highest BCUT2D eigenvalue weighted by Gasteiger charge is 2.05. The zero-order valence-electron chi connectivity index (χ0n) is 12.2. The van der Waals surface area contributed by atoms with Crippen molar-refractivity contribution >= 4 is 23.3 Å². The van der Waals surface area contributed by atoms with Crippen LogP contribution in [0.25, 0.3) is 17.0 Å². The molecule has 2 aromatic carbocycles. The highest BCUT2D eigenvalue weighted by molar-refractivity contribution is 5.89. The summed E-state index contributed by atoms with van der Waals surface area (Å²) in [5, 5.41) is 1.22. The summed E-state index contributed by atoms with van der Waals surface area (Å²) in [6.45, 7) is 0.847. The van der Waals surface area contributed by atoms with Gasteiger partial charge in [0.2, 0.25) is 0 Å². The summed E-state index contributed by atoms with van der Waals surface area (Å²) in [5.41, 5.74) is 3.65. The van der Waals surface area contributed by atoms with Gasteiger partial charge in [-0.3, -0.25) is 4.79 Å². The van der Waals surface area contributed by atoms with E-state index in [0.29, 0.717) is 0 Å². The van der Waals surface area contributed by atoms with Gasteiger partial charge in [-0.2, -0.15) is 0 Å². The minimum absolute atomic E-state index is 0.781. The fraction of sp³-hybridized carbons (Fsp3) is 0.0500. The molecule has 0 saturated carbocycles. The van der Waals surface area contributed by atoms with E-state index in [-0.39, 0.29) is 0 Å². The summed E-state index contributed by atoms with van der Waals surface area (Å²) < 4.78 is 2.26. The Balaban J connectivity index is 1.98. The third-order valence-corrected chi connectivity index (χ3v) is 3.59. The zero-order chi connectivity index (χ0) is 15.2. The van der Waals surface area contributed by atoms with Crippen molar-refractivity contribution in [3.63, 3.8) is 0 Å². The monoisotopic (exact) mass is 287 g/mol. The van der Waals surface area contributed by atoms with Crippen LogP contribution in [0.2, 0.25) is 0 Å². The normalized spacial score (nSPS) is 11.6. The number of benzene rings is 2. The first-order valence-corrected chi connectivity index (χ1v) is 7.29. The first kappa shape index (κ1) is 14.1. The van der Waals surface area contributed by atoms with Gasteiger partial charge in [0.1, 0.15) is 6.29 Å². The number of carbonyl (C=O) groups is 1. The van der Waals surface area contributed by atoms with Crippen LogP contribution in [0, 0.1) is 0 Å². The number of aldehydes is 1. The van der Waals surface area contributed by atoms with Gasteiger partial charge in [-0.1, -0.05) is 66.8 Å². The maximum Gasteiger partial charge on any atom is 0.142 e. The van der Waals surface area contributed by atoms with E-state index in [9.17, 15) is 4.79 Å². The summed E-state index contributed by atoms with van der Waals surface area (Å²) in [5.74, 6) is 0. The second kappa shape index (κ2) is 6.72. The summed E-state index contributed by atoms with van der Waals surface area (Å²) in [7, 11) is 0. The quantitative estimate of drug-likeness (QED) is 0.386. The lowest BCUT2D eigenvalue weighted by Crippen LogP contribution is -1.97. The Morgan fingerprint density at radius 3 is 2.45 bits per heavy atom. The average molecular weight is 287 g/mol. The zero-order valence-corrected chi connectivity index (χ0v) is 12.2. The second-order valence-electron chi connectivity index (χ2n) is 5.10. The summed E-state index contributed by atoms with van der Waals surface area (Å²) in [4.78, 5) is 10.3. The number of hydrogen-bond acceptors (Lipinski definition) is 1. The molecule has 0 amide bonds. The van der Waals surface area contributed by atoms with Crippen molar-refractivity contribution < 1.29 is 4.79 Å². The van der Waals surface area contributed by atoms with Gasteiger partial charge < -0.3 is 4.57 Å². The molecule has 22 heavy (non-hydrogen) atoms. The molecule has 0 aliphatic heterocycles. The minimum Gasteiger partial charge on any atom is -0.342 e. The number of carbonyl (C=O) groups excluding carboxylic acids is 1. The van der Waals surface area contributed by atoms with Crippen LogP contribution in [-0.4, -0.2) is 10.9 Å². The van der Waals surface area contributed by atoms with Gasteiger partial charge in [-0.15, -0.1) is 0 Å². The Morgan fingerprint density at radius 2 is 1.64 bits per heavy atom. The van der Waals surface area contributed by atoms with Gasteiger partial charge in [0.05, 0.1) is 0 Å². The first-order valence-electron chi connectivity index (χ1n) is 7.29. The van der Waals surface area contributed by atoms with Crippen LogP contribution in [-0.2, 0) is 11.3 Å². The molecule has 3 aromatic rings. The van der Waals surface area contributed by atoms with Crippen LogP contribution in [0.15, 0.2) is 79.0 Å². The first-order chi connectivity index (χ1) is 10.9. The Kier molecular flexibility index (Phi) is 4.30. The van der Waals surface area contributed by atoms with E-state index in [1.165, 1.54) is 22.5 Å². The lowest BCUT2D eigenvalue weighted by Gasteiger charge is -2.05. The van der Waals surface area contributed by atoms with Crippen LogP contribution in [0.3, 0.4) is 0 Å². The van der Waals surface area contributed by atoms with Crippen molar-refractivity contribution in [1.82, 2.24) is 4.57 Å². The smallest absolute Gasteiger partial charge is 0.142 e. The number of nitrogens with zero attached hydrogens (tertiary/aromatic N) is 1. The maximum atomic E-state index is 10.3. The number of fused-ring (bicyclic) bond motifs is 1. The maximum absolute atomic E-state index is 10.3. The molecule has 2 heteroatoms. The molecular formula is C20H17NO. The molecule has 0 atom stereocenters. The van der Waals surface area contributed by atoms with Gasteiger partial charge in [0, 0.05) is 23.6 Å². The van der Waals surface area contributed by atoms with Crippen molar-refractivity contribution in [3.05, 3.63) is 90.1 Å². The standard InChI is InChI=1S/C20H17NO/c22-14-8-2-5-11-18-16-21(15-17-9-3-1-4-10-17)20-13-7-6-12-19(18)20/h1-14,16H,15H2. The molecule has 108 valence electrons. The van der Waals surface area contributed by atoms with E-state index in [1.807, 2.05) is 24.3 Å². The van der Waals surface area contributed by atoms with Crippen molar-refractivity contribution in [3.8, 4) is 0 Å². The van der Waals surface area contributed by atoms with Crippen LogP contribution in [0.5, 0.6) is 0 Å². The van der Waals surface area contributed by atoms with Gasteiger partial charge in [0.15, 0.2) is 0 Å². The van der Waals surface area contributed by atoms with Crippen LogP contribution in [0.1, 0.15) is 11.1 Å². The Morgan fingerprint density at radius 1 is 0.864 bits per heavy atom. The number of hydrogen-bond donors (Lipinski definition) is 0. The van der Waals surface area contributed by atoms with E-state index in [1.54, 1.807) is 6.08 Å². The number of allylic oxidation sites excluding steroid dienone is 3. The molecule has 0 saturated heterocycles. The Labute approximate surface area is 130 Å². The fourth-order valence-corrected chi connectivity index (χ4v) is 2.59. The van der Waals surface area contributed by atoms with Crippen molar-refractivity contribution in [2.45, 2.75) is 6.54 Å². The molecule has 0 aliphatic rings. The molecule has 0 spiro atoms. The molecule has 0 radical (unpaired) electrons. The van der Waals surface area contributed by atoms with Crippen molar-refractivity contribution in [2.24, 2.45) is 0 Å². The topological polar surface area (TPSA) is 22.0 Å². The molecule has 0 bridgehead atoms. The molecule has 0 unspecified atom stereocenters. The van der Waals surface area contributed by atoms with Crippen molar-refractivity contribution in [1.29, 1.82) is 0 Å². The van der Waals surface area contributed by atoms with E-state index < -0.39 is 0 Å². The van der Waals surface area contributed by atoms with Gasteiger partial charge in [0.25, 0.3) is 0 Å². The summed E-state index contributed by atoms with van der Waals surface area (Å²) in [6, 6.07) is 18.8. The lowest BCUT2D eigenvalue weighted by atomic mass is 10.1. The predicted molar refractivity (Wildman–Crippen MR) is 91.7 cm³/mol. The molecule has 0 fully saturated rings. The predicted octanol–water partition coefficient (Wildman–Crippen LogP) is 4.46. The highest BCUT2D eigenvalue weighted by atomic mass is 16.1. The van der Waals surface area contributed by atoms with Crippen molar-refractivity contribution in [2.75, 3.05) is 0 Å². The van der Waals surface area contributed by atoms with E-state index in [4.69, 9.17) is 0 Å². The lowest BCUT2D eigenvalue weighted by molar-refractivity contribution is -0.104. The van der Waals surface area contributed by atoms with E-state index in [2.05, 4.69) is 53.2 Å². The van der Waals surface area contributed by atoms with Gasteiger partial charge in [-0.05, 0) is 23.3 Å². The SMILES string of the molecule is O=CC=CC=Cc1cn(Cc2ccccc2)c2ccccc12. The number of para-hydroxylation sites is 1. The van der Waals surface area contributed by atoms with Crippen LogP contribution in [0.4, 0.5) is 0 Å². The minimum atomic E-state index is 0.781. The Hall–Kier alpha value is -2.87. The van der Waals surface area contributed by atoms with E-state index in [0.717, 1.165) is 18.4 Å². The average Bonchev–Trinajstić information content (AvgIpc) is 2.91. The number of aromatic nitrogens is 1. The summed E-state index contributed by atoms with van der Waals surface area (Å²) in [6.07, 6.45) is 10.1. The number of rotatable bonds is 5. The molecule has 0 N–H and O–H groups in total. The molecule has 0 aliphatic carbocycles. The summed E-state index contributed by atoms with van der Waals surface area (Å²) >= 11 is 0. The molecular weight excluding hydrogens is 270 g/mol. The van der Waals surface area contributed by atoms with Crippen LogP contribution >= 0.6 is 0 Å².